The lowest BCUT2D eigenvalue weighted by Crippen LogP contribution is -2.16. The largest absolute Gasteiger partial charge is 0.380 e. The van der Waals surface area contributed by atoms with Gasteiger partial charge < -0.3 is 10.6 Å². The predicted molar refractivity (Wildman–Crippen MR) is 51.4 cm³/mol. The van der Waals surface area contributed by atoms with Crippen molar-refractivity contribution in [2.45, 2.75) is 26.2 Å². The van der Waals surface area contributed by atoms with Gasteiger partial charge in [0.25, 0.3) is 5.82 Å². The Balaban J connectivity index is 3.29. The van der Waals surface area contributed by atoms with Gasteiger partial charge in [-0.3, -0.25) is 0 Å². The van der Waals surface area contributed by atoms with Gasteiger partial charge in [-0.15, -0.1) is 4.98 Å². The van der Waals surface area contributed by atoms with Crippen molar-refractivity contribution in [3.05, 3.63) is 23.3 Å². The van der Waals surface area contributed by atoms with Crippen LogP contribution in [0, 0.1) is 6.57 Å². The van der Waals surface area contributed by atoms with E-state index in [0.29, 0.717) is 17.3 Å². The minimum atomic E-state index is -0.169. The molecule has 1 rings (SSSR count). The smallest absolute Gasteiger partial charge is 0.288 e. The van der Waals surface area contributed by atoms with Crippen molar-refractivity contribution < 1.29 is 0 Å². The maximum absolute atomic E-state index is 6.80. The molecule has 0 bridgehead atoms. The SMILES string of the molecule is [C-]#[N+]c1cnc(N)c(C(C)(C)C)n1. The summed E-state index contributed by atoms with van der Waals surface area (Å²) in [6.07, 6.45) is 1.39. The molecule has 2 N–H and O–H groups in total. The third-order valence-electron chi connectivity index (χ3n) is 1.61. The van der Waals surface area contributed by atoms with Crippen molar-refractivity contribution in [1.82, 2.24) is 9.97 Å². The molecule has 4 heteroatoms. The fourth-order valence-electron chi connectivity index (χ4n) is 0.995. The Morgan fingerprint density at radius 2 is 2.08 bits per heavy atom. The number of anilines is 1. The highest BCUT2D eigenvalue weighted by atomic mass is 15.0. The third kappa shape index (κ3) is 1.94. The van der Waals surface area contributed by atoms with Crippen LogP contribution < -0.4 is 5.73 Å². The second-order valence-electron chi connectivity index (χ2n) is 3.82. The monoisotopic (exact) mass is 176 g/mol. The molecule has 0 aliphatic rings. The minimum Gasteiger partial charge on any atom is -0.380 e. The number of hydrogen-bond donors (Lipinski definition) is 1. The van der Waals surface area contributed by atoms with Gasteiger partial charge in [-0.1, -0.05) is 27.3 Å². The average molecular weight is 176 g/mol. The summed E-state index contributed by atoms with van der Waals surface area (Å²) in [5.41, 5.74) is 6.17. The molecule has 0 aromatic carbocycles. The van der Waals surface area contributed by atoms with E-state index < -0.39 is 0 Å². The van der Waals surface area contributed by atoms with Crippen LogP contribution in [0.15, 0.2) is 6.20 Å². The Bertz CT molecular complexity index is 357. The molecule has 0 amide bonds. The van der Waals surface area contributed by atoms with Crippen molar-refractivity contribution in [2.24, 2.45) is 0 Å². The highest BCUT2D eigenvalue weighted by Crippen LogP contribution is 2.25. The van der Waals surface area contributed by atoms with Crippen LogP contribution in [-0.4, -0.2) is 9.97 Å². The Labute approximate surface area is 77.6 Å². The number of aromatic nitrogens is 2. The van der Waals surface area contributed by atoms with Crippen LogP contribution in [0.25, 0.3) is 4.85 Å². The lowest BCUT2D eigenvalue weighted by Gasteiger charge is -2.15. The molecule has 0 radical (unpaired) electrons. The van der Waals surface area contributed by atoms with Gasteiger partial charge in [0, 0.05) is 5.41 Å². The van der Waals surface area contributed by atoms with Crippen LogP contribution in [0.1, 0.15) is 26.5 Å². The summed E-state index contributed by atoms with van der Waals surface area (Å²) in [6.45, 7) is 12.8. The molecule has 1 aromatic heterocycles. The van der Waals surface area contributed by atoms with Gasteiger partial charge in [-0.05, 0) is 0 Å². The van der Waals surface area contributed by atoms with Crippen LogP contribution in [0.5, 0.6) is 0 Å². The number of rotatable bonds is 0. The highest BCUT2D eigenvalue weighted by Gasteiger charge is 2.23. The van der Waals surface area contributed by atoms with Crippen molar-refractivity contribution >= 4 is 11.6 Å². The van der Waals surface area contributed by atoms with Gasteiger partial charge >= 0.3 is 0 Å². The summed E-state index contributed by atoms with van der Waals surface area (Å²) in [7, 11) is 0. The second-order valence-corrected chi connectivity index (χ2v) is 3.82. The Morgan fingerprint density at radius 3 is 2.54 bits per heavy atom. The summed E-state index contributed by atoms with van der Waals surface area (Å²) < 4.78 is 0. The molecule has 0 aliphatic heterocycles. The van der Waals surface area contributed by atoms with E-state index in [1.165, 1.54) is 6.20 Å². The van der Waals surface area contributed by atoms with Gasteiger partial charge in [-0.2, -0.15) is 0 Å². The van der Waals surface area contributed by atoms with Crippen molar-refractivity contribution in [1.29, 1.82) is 0 Å². The molecule has 4 nitrogen and oxygen atoms in total. The molecular weight excluding hydrogens is 164 g/mol. The number of nitrogen functional groups attached to an aromatic ring is 1. The molecule has 1 heterocycles. The molecule has 0 fully saturated rings. The fourth-order valence-corrected chi connectivity index (χ4v) is 0.995. The first-order valence-corrected chi connectivity index (χ1v) is 3.95. The van der Waals surface area contributed by atoms with Gasteiger partial charge in [0.05, 0.1) is 6.20 Å². The van der Waals surface area contributed by atoms with Gasteiger partial charge in [0.2, 0.25) is 0 Å². The van der Waals surface area contributed by atoms with Gasteiger partial charge in [0.15, 0.2) is 11.5 Å². The van der Waals surface area contributed by atoms with E-state index in [1.807, 2.05) is 20.8 Å². The van der Waals surface area contributed by atoms with Crippen LogP contribution in [-0.2, 0) is 5.41 Å². The first-order valence-electron chi connectivity index (χ1n) is 3.95. The van der Waals surface area contributed by atoms with E-state index >= 15 is 0 Å². The van der Waals surface area contributed by atoms with Crippen LogP contribution in [0.4, 0.5) is 11.6 Å². The standard InChI is InChI=1S/C9H12N4/c1-9(2,3)7-8(10)12-5-6(11-4)13-7/h5H,1-3H3,(H2,10,12). The zero-order chi connectivity index (χ0) is 10.1. The van der Waals surface area contributed by atoms with E-state index in [4.69, 9.17) is 12.3 Å². The predicted octanol–water partition coefficient (Wildman–Crippen LogP) is 1.91. The molecule has 13 heavy (non-hydrogen) atoms. The van der Waals surface area contributed by atoms with Crippen molar-refractivity contribution in [3.8, 4) is 0 Å². The van der Waals surface area contributed by atoms with Gasteiger partial charge in [-0.25, -0.2) is 4.98 Å². The Hall–Kier alpha value is -1.63. The summed E-state index contributed by atoms with van der Waals surface area (Å²) in [4.78, 5) is 11.2. The van der Waals surface area contributed by atoms with E-state index in [-0.39, 0.29) is 5.41 Å². The normalized spacial score (nSPS) is 10.9. The molecule has 68 valence electrons. The Morgan fingerprint density at radius 1 is 1.46 bits per heavy atom. The van der Waals surface area contributed by atoms with Gasteiger partial charge in [0.1, 0.15) is 0 Å². The van der Waals surface area contributed by atoms with Crippen molar-refractivity contribution in [2.75, 3.05) is 5.73 Å². The molecule has 0 atom stereocenters. The molecule has 0 unspecified atom stereocenters. The maximum atomic E-state index is 6.80. The van der Waals surface area contributed by atoms with E-state index in [2.05, 4.69) is 14.8 Å². The summed E-state index contributed by atoms with van der Waals surface area (Å²) in [5, 5.41) is 0. The first kappa shape index (κ1) is 9.46. The highest BCUT2D eigenvalue weighted by molar-refractivity contribution is 5.45. The molecule has 0 spiro atoms. The maximum Gasteiger partial charge on any atom is 0.288 e. The summed E-state index contributed by atoms with van der Waals surface area (Å²) in [5.74, 6) is 0.694. The zero-order valence-electron chi connectivity index (χ0n) is 8.00. The molecule has 0 saturated heterocycles. The fraction of sp³-hybridized carbons (Fsp3) is 0.444. The lowest BCUT2D eigenvalue weighted by atomic mass is 9.92. The zero-order valence-corrected chi connectivity index (χ0v) is 8.00. The van der Waals surface area contributed by atoms with Crippen LogP contribution in [0.2, 0.25) is 0 Å². The Kier molecular flexibility index (Phi) is 2.20. The number of nitrogens with two attached hydrogens (primary N) is 1. The number of nitrogens with zero attached hydrogens (tertiary/aromatic N) is 3. The van der Waals surface area contributed by atoms with Crippen molar-refractivity contribution in [3.63, 3.8) is 0 Å². The molecule has 1 aromatic rings. The van der Waals surface area contributed by atoms with E-state index in [0.717, 1.165) is 0 Å². The number of hydrogen-bond acceptors (Lipinski definition) is 3. The molecule has 0 aliphatic carbocycles. The minimum absolute atomic E-state index is 0.169. The topological polar surface area (TPSA) is 56.2 Å². The quantitative estimate of drug-likeness (QED) is 0.614. The average Bonchev–Trinajstić information content (AvgIpc) is 2.03. The summed E-state index contributed by atoms with van der Waals surface area (Å²) in [6, 6.07) is 0. The summed E-state index contributed by atoms with van der Waals surface area (Å²) >= 11 is 0. The molecule has 0 saturated carbocycles. The van der Waals surface area contributed by atoms with Crippen LogP contribution in [0.3, 0.4) is 0 Å². The van der Waals surface area contributed by atoms with E-state index in [1.54, 1.807) is 0 Å². The third-order valence-corrected chi connectivity index (χ3v) is 1.61. The molecular formula is C9H12N4. The lowest BCUT2D eigenvalue weighted by molar-refractivity contribution is 0.570. The van der Waals surface area contributed by atoms with Crippen LogP contribution >= 0.6 is 0 Å². The van der Waals surface area contributed by atoms with E-state index in [9.17, 15) is 0 Å². The second kappa shape index (κ2) is 3.02. The first-order chi connectivity index (χ1) is 5.95.